The largest absolute Gasteiger partial charge is 0.352 e. The summed E-state index contributed by atoms with van der Waals surface area (Å²) in [6.07, 6.45) is 0. The number of nitrogens with zero attached hydrogens (tertiary/aromatic N) is 2. The summed E-state index contributed by atoms with van der Waals surface area (Å²) in [4.78, 5) is 5.10. The van der Waals surface area contributed by atoms with Crippen LogP contribution in [0.25, 0.3) is 0 Å². The van der Waals surface area contributed by atoms with Crippen molar-refractivity contribution in [3.05, 3.63) is 57.6 Å². The average Bonchev–Trinajstić information content (AvgIpc) is 2.48. The van der Waals surface area contributed by atoms with Crippen molar-refractivity contribution in [3.63, 3.8) is 0 Å². The quantitative estimate of drug-likeness (QED) is 0.864. The van der Waals surface area contributed by atoms with Gasteiger partial charge >= 0.3 is 0 Å². The van der Waals surface area contributed by atoms with Crippen LogP contribution in [0.2, 0.25) is 0 Å². The summed E-state index contributed by atoms with van der Waals surface area (Å²) in [5.41, 5.74) is 11.0. The molecule has 0 radical (unpaired) electrons. The number of rotatable bonds is 2. The molecule has 3 heteroatoms. The topological polar surface area (TPSA) is 18.5 Å². The van der Waals surface area contributed by atoms with Crippen LogP contribution in [-0.4, -0.2) is 32.8 Å². The van der Waals surface area contributed by atoms with E-state index in [4.69, 9.17) is 0 Å². The van der Waals surface area contributed by atoms with Gasteiger partial charge in [-0.05, 0) is 63.8 Å². The van der Waals surface area contributed by atoms with Gasteiger partial charge in [0.1, 0.15) is 0 Å². The number of benzene rings is 2. The second-order valence-corrected chi connectivity index (χ2v) is 7.91. The molecule has 0 saturated carbocycles. The molecule has 26 heavy (non-hydrogen) atoms. The lowest BCUT2D eigenvalue weighted by Crippen LogP contribution is -2.48. The summed E-state index contributed by atoms with van der Waals surface area (Å²) in [6.45, 7) is 18.4. The van der Waals surface area contributed by atoms with E-state index >= 15 is 0 Å². The van der Waals surface area contributed by atoms with Crippen molar-refractivity contribution in [1.82, 2.24) is 5.32 Å². The van der Waals surface area contributed by atoms with Gasteiger partial charge in [-0.25, -0.2) is 0 Å². The molecule has 1 N–H and O–H groups in total. The standard InChI is InChI=1S/C23H33N3/c1-16-11-18(3)22(19(4)12-16)25-9-7-24-8-10-26(15-25)23-20(5)13-17(2)14-21(23)6/h11-14,24H,7-10,15H2,1-6H3. The summed E-state index contributed by atoms with van der Waals surface area (Å²) >= 11 is 0. The molecule has 3 nitrogen and oxygen atoms in total. The molecule has 0 amide bonds. The predicted octanol–water partition coefficient (Wildman–Crippen LogP) is 4.41. The molecule has 0 spiro atoms. The van der Waals surface area contributed by atoms with Crippen LogP contribution in [0, 0.1) is 41.5 Å². The average molecular weight is 352 g/mol. The third kappa shape index (κ3) is 3.88. The molecule has 0 aromatic heterocycles. The highest BCUT2D eigenvalue weighted by Crippen LogP contribution is 2.30. The summed E-state index contributed by atoms with van der Waals surface area (Å²) in [7, 11) is 0. The minimum atomic E-state index is 0.942. The van der Waals surface area contributed by atoms with E-state index in [0.717, 1.165) is 32.8 Å². The molecule has 1 aliphatic heterocycles. The van der Waals surface area contributed by atoms with E-state index in [9.17, 15) is 0 Å². The van der Waals surface area contributed by atoms with E-state index < -0.39 is 0 Å². The fourth-order valence-corrected chi connectivity index (χ4v) is 4.61. The Morgan fingerprint density at radius 3 is 1.31 bits per heavy atom. The number of nitrogens with one attached hydrogen (secondary N) is 1. The molecule has 1 saturated heterocycles. The van der Waals surface area contributed by atoms with Crippen molar-refractivity contribution in [2.75, 3.05) is 42.6 Å². The van der Waals surface area contributed by atoms with Crippen LogP contribution in [-0.2, 0) is 0 Å². The molecular formula is C23H33N3. The lowest BCUT2D eigenvalue weighted by atomic mass is 10.0. The van der Waals surface area contributed by atoms with Crippen molar-refractivity contribution >= 4 is 11.4 Å². The van der Waals surface area contributed by atoms with Gasteiger partial charge in [0, 0.05) is 37.6 Å². The Balaban J connectivity index is 1.99. The lowest BCUT2D eigenvalue weighted by Gasteiger charge is -2.38. The van der Waals surface area contributed by atoms with Crippen LogP contribution in [0.3, 0.4) is 0 Å². The zero-order valence-electron chi connectivity index (χ0n) is 17.2. The predicted molar refractivity (Wildman–Crippen MR) is 114 cm³/mol. The van der Waals surface area contributed by atoms with Gasteiger partial charge in [0.25, 0.3) is 0 Å². The Hall–Kier alpha value is -2.00. The van der Waals surface area contributed by atoms with E-state index in [1.807, 2.05) is 0 Å². The van der Waals surface area contributed by atoms with Gasteiger partial charge in [-0.1, -0.05) is 35.4 Å². The summed E-state index contributed by atoms with van der Waals surface area (Å²) < 4.78 is 0. The van der Waals surface area contributed by atoms with Crippen LogP contribution in [0.4, 0.5) is 11.4 Å². The van der Waals surface area contributed by atoms with Crippen LogP contribution in [0.5, 0.6) is 0 Å². The molecule has 0 unspecified atom stereocenters. The van der Waals surface area contributed by atoms with E-state index in [1.54, 1.807) is 0 Å². The smallest absolute Gasteiger partial charge is 0.0904 e. The lowest BCUT2D eigenvalue weighted by molar-refractivity contribution is 0.591. The molecule has 1 fully saturated rings. The van der Waals surface area contributed by atoms with Crippen molar-refractivity contribution in [2.45, 2.75) is 41.5 Å². The van der Waals surface area contributed by atoms with Gasteiger partial charge in [-0.2, -0.15) is 0 Å². The highest BCUT2D eigenvalue weighted by molar-refractivity contribution is 5.64. The van der Waals surface area contributed by atoms with Crippen LogP contribution in [0.1, 0.15) is 33.4 Å². The second kappa shape index (κ2) is 7.71. The van der Waals surface area contributed by atoms with Crippen molar-refractivity contribution < 1.29 is 0 Å². The van der Waals surface area contributed by atoms with Gasteiger partial charge in [-0.15, -0.1) is 0 Å². The van der Waals surface area contributed by atoms with Crippen LogP contribution in [0.15, 0.2) is 24.3 Å². The summed E-state index contributed by atoms with van der Waals surface area (Å²) in [5, 5.41) is 3.60. The van der Waals surface area contributed by atoms with Gasteiger partial charge < -0.3 is 15.1 Å². The van der Waals surface area contributed by atoms with Crippen molar-refractivity contribution in [3.8, 4) is 0 Å². The molecule has 140 valence electrons. The number of anilines is 2. The normalized spacial score (nSPS) is 15.8. The Morgan fingerprint density at radius 2 is 0.962 bits per heavy atom. The molecule has 2 aromatic carbocycles. The third-order valence-corrected chi connectivity index (χ3v) is 5.36. The zero-order valence-corrected chi connectivity index (χ0v) is 17.2. The minimum absolute atomic E-state index is 0.942. The first-order valence-corrected chi connectivity index (χ1v) is 9.73. The molecular weight excluding hydrogens is 318 g/mol. The second-order valence-electron chi connectivity index (χ2n) is 7.91. The fourth-order valence-electron chi connectivity index (χ4n) is 4.61. The Bertz CT molecular complexity index is 683. The fraction of sp³-hybridized carbons (Fsp3) is 0.478. The molecule has 1 heterocycles. The maximum absolute atomic E-state index is 3.60. The molecule has 3 rings (SSSR count). The van der Waals surface area contributed by atoms with Gasteiger partial charge in [0.05, 0.1) is 6.67 Å². The molecule has 2 aromatic rings. The van der Waals surface area contributed by atoms with Gasteiger partial charge in [0.2, 0.25) is 0 Å². The van der Waals surface area contributed by atoms with Crippen molar-refractivity contribution in [1.29, 1.82) is 0 Å². The van der Waals surface area contributed by atoms with E-state index in [0.29, 0.717) is 0 Å². The van der Waals surface area contributed by atoms with E-state index in [-0.39, 0.29) is 0 Å². The number of hydrogen-bond donors (Lipinski definition) is 1. The zero-order chi connectivity index (χ0) is 18.8. The monoisotopic (exact) mass is 351 g/mol. The van der Waals surface area contributed by atoms with Gasteiger partial charge in [0.15, 0.2) is 0 Å². The first-order chi connectivity index (χ1) is 12.4. The molecule has 0 bridgehead atoms. The number of aryl methyl sites for hydroxylation is 6. The highest BCUT2D eigenvalue weighted by atomic mass is 15.3. The Labute approximate surface area is 159 Å². The Kier molecular flexibility index (Phi) is 5.57. The maximum atomic E-state index is 3.60. The first kappa shape index (κ1) is 18.8. The summed E-state index contributed by atoms with van der Waals surface area (Å²) in [5.74, 6) is 0. The van der Waals surface area contributed by atoms with Crippen molar-refractivity contribution in [2.24, 2.45) is 0 Å². The number of hydrogen-bond acceptors (Lipinski definition) is 3. The molecule has 0 aliphatic carbocycles. The Morgan fingerprint density at radius 1 is 0.615 bits per heavy atom. The molecule has 1 aliphatic rings. The minimum Gasteiger partial charge on any atom is -0.352 e. The first-order valence-electron chi connectivity index (χ1n) is 9.73. The van der Waals surface area contributed by atoms with Crippen LogP contribution >= 0.6 is 0 Å². The van der Waals surface area contributed by atoms with Gasteiger partial charge in [-0.3, -0.25) is 0 Å². The van der Waals surface area contributed by atoms with E-state index in [1.165, 1.54) is 44.8 Å². The molecule has 0 atom stereocenters. The maximum Gasteiger partial charge on any atom is 0.0904 e. The SMILES string of the molecule is Cc1cc(C)c(N2CCNCCN(c3c(C)cc(C)cc3C)C2)c(C)c1. The van der Waals surface area contributed by atoms with Crippen LogP contribution < -0.4 is 15.1 Å². The van der Waals surface area contributed by atoms with E-state index in [2.05, 4.69) is 80.9 Å². The highest BCUT2D eigenvalue weighted by Gasteiger charge is 2.20. The summed E-state index contributed by atoms with van der Waals surface area (Å²) in [6, 6.07) is 9.23. The third-order valence-electron chi connectivity index (χ3n) is 5.36.